The lowest BCUT2D eigenvalue weighted by atomic mass is 10.0. The van der Waals surface area contributed by atoms with Gasteiger partial charge in [0.1, 0.15) is 0 Å². The maximum Gasteiger partial charge on any atom is 0.0643 e. The van der Waals surface area contributed by atoms with E-state index < -0.39 is 0 Å². The van der Waals surface area contributed by atoms with E-state index in [1.54, 1.807) is 11.2 Å². The molecule has 0 saturated heterocycles. The predicted octanol–water partition coefficient (Wildman–Crippen LogP) is 1.76. The smallest absolute Gasteiger partial charge is 0.0643 e. The largest absolute Gasteiger partial charge is 0.400 e. The van der Waals surface area contributed by atoms with Crippen molar-refractivity contribution in [2.75, 3.05) is 33.8 Å². The van der Waals surface area contributed by atoms with Gasteiger partial charge in [0.05, 0.1) is 5.60 Å². The van der Waals surface area contributed by atoms with Crippen molar-refractivity contribution in [3.63, 3.8) is 0 Å². The molecule has 5 heteroatoms. The molecule has 0 saturated carbocycles. The Balaban J connectivity index is 4.05. The van der Waals surface area contributed by atoms with Crippen molar-refractivity contribution in [3.8, 4) is 0 Å². The summed E-state index contributed by atoms with van der Waals surface area (Å²) in [5.74, 6) is 6.61. The molecule has 0 fully saturated rings. The van der Waals surface area contributed by atoms with Gasteiger partial charge in [-0.25, -0.2) is 5.84 Å². The van der Waals surface area contributed by atoms with Gasteiger partial charge in [-0.1, -0.05) is 13.8 Å². The van der Waals surface area contributed by atoms with Gasteiger partial charge < -0.3 is 20.4 Å². The Labute approximate surface area is 124 Å². The maximum atomic E-state index is 5.94. The third-order valence-electron chi connectivity index (χ3n) is 2.99. The van der Waals surface area contributed by atoms with E-state index in [0.717, 1.165) is 31.7 Å². The molecule has 0 bridgehead atoms. The summed E-state index contributed by atoms with van der Waals surface area (Å²) in [5, 5.41) is 1.65. The highest BCUT2D eigenvalue weighted by Crippen LogP contribution is 2.16. The number of nitrogens with two attached hydrogens (primary N) is 2. The Morgan fingerprint density at radius 2 is 1.90 bits per heavy atom. The molecule has 0 aromatic rings. The Hall–Kier alpha value is -0.780. The van der Waals surface area contributed by atoms with Crippen molar-refractivity contribution in [1.29, 1.82) is 0 Å². The normalized spacial score (nSPS) is 13.3. The summed E-state index contributed by atoms with van der Waals surface area (Å²) >= 11 is 0. The summed E-state index contributed by atoms with van der Waals surface area (Å²) in [7, 11) is 3.96. The van der Waals surface area contributed by atoms with Crippen LogP contribution in [0, 0.1) is 5.92 Å². The minimum Gasteiger partial charge on any atom is -0.400 e. The van der Waals surface area contributed by atoms with Crippen LogP contribution in [0.5, 0.6) is 0 Å². The SMILES string of the molecule is CC(C)CCOC(C)(C)CCN(N)/C=C(\N)CN(C)C. The second-order valence-electron chi connectivity index (χ2n) is 6.72. The van der Waals surface area contributed by atoms with Crippen LogP contribution in [-0.4, -0.2) is 49.3 Å². The Kier molecular flexibility index (Phi) is 8.85. The third kappa shape index (κ3) is 11.1. The fourth-order valence-corrected chi connectivity index (χ4v) is 1.72. The minimum absolute atomic E-state index is 0.156. The van der Waals surface area contributed by atoms with Crippen molar-refractivity contribution in [3.05, 3.63) is 11.9 Å². The van der Waals surface area contributed by atoms with Gasteiger partial charge >= 0.3 is 0 Å². The molecule has 0 unspecified atom stereocenters. The standard InChI is InChI=1S/C15H34N4O/c1-13(2)7-10-20-15(3,4)8-9-19(17)12-14(16)11-18(5)6/h12-13H,7-11,16-17H2,1-6H3/b14-12-. The first kappa shape index (κ1) is 19.2. The highest BCUT2D eigenvalue weighted by molar-refractivity contribution is 4.97. The minimum atomic E-state index is -0.156. The second-order valence-corrected chi connectivity index (χ2v) is 6.72. The highest BCUT2D eigenvalue weighted by Gasteiger charge is 2.18. The number of hydrogen-bond donors (Lipinski definition) is 2. The number of likely N-dealkylation sites (N-methyl/N-ethyl adjacent to an activating group) is 1. The third-order valence-corrected chi connectivity index (χ3v) is 2.99. The van der Waals surface area contributed by atoms with E-state index in [2.05, 4.69) is 27.7 Å². The predicted molar refractivity (Wildman–Crippen MR) is 85.8 cm³/mol. The van der Waals surface area contributed by atoms with Crippen molar-refractivity contribution >= 4 is 0 Å². The summed E-state index contributed by atoms with van der Waals surface area (Å²) in [5.41, 5.74) is 6.50. The molecule has 0 aromatic carbocycles. The lowest BCUT2D eigenvalue weighted by Crippen LogP contribution is -2.35. The number of ether oxygens (including phenoxy) is 1. The van der Waals surface area contributed by atoms with Crippen LogP contribution in [0.25, 0.3) is 0 Å². The average Bonchev–Trinajstić information content (AvgIpc) is 2.24. The van der Waals surface area contributed by atoms with E-state index in [1.165, 1.54) is 0 Å². The van der Waals surface area contributed by atoms with Crippen LogP contribution in [0.2, 0.25) is 0 Å². The first-order valence-electron chi connectivity index (χ1n) is 7.38. The summed E-state index contributed by atoms with van der Waals surface area (Å²) < 4.78 is 5.92. The fraction of sp³-hybridized carbons (Fsp3) is 0.867. The molecular weight excluding hydrogens is 252 g/mol. The molecule has 0 heterocycles. The van der Waals surface area contributed by atoms with E-state index in [4.69, 9.17) is 16.3 Å². The van der Waals surface area contributed by atoms with Crippen LogP contribution in [0.1, 0.15) is 40.5 Å². The zero-order valence-electron chi connectivity index (χ0n) is 14.1. The van der Waals surface area contributed by atoms with Gasteiger partial charge in [-0.05, 0) is 46.7 Å². The van der Waals surface area contributed by atoms with E-state index in [1.807, 2.05) is 19.0 Å². The van der Waals surface area contributed by atoms with Gasteiger partial charge in [0.2, 0.25) is 0 Å². The first-order valence-corrected chi connectivity index (χ1v) is 7.38. The molecule has 0 spiro atoms. The first-order chi connectivity index (χ1) is 9.12. The van der Waals surface area contributed by atoms with Gasteiger partial charge in [-0.2, -0.15) is 0 Å². The van der Waals surface area contributed by atoms with Crippen LogP contribution < -0.4 is 11.6 Å². The molecule has 0 aliphatic rings. The van der Waals surface area contributed by atoms with Gasteiger partial charge in [-0.3, -0.25) is 0 Å². The van der Waals surface area contributed by atoms with Crippen molar-refractivity contribution < 1.29 is 4.74 Å². The summed E-state index contributed by atoms with van der Waals surface area (Å²) in [6.07, 6.45) is 3.75. The molecule has 0 atom stereocenters. The Morgan fingerprint density at radius 1 is 1.30 bits per heavy atom. The zero-order valence-corrected chi connectivity index (χ0v) is 14.1. The molecule has 0 rings (SSSR count). The van der Waals surface area contributed by atoms with Gasteiger partial charge in [0.25, 0.3) is 0 Å². The van der Waals surface area contributed by atoms with Crippen LogP contribution in [0.4, 0.5) is 0 Å². The topological polar surface area (TPSA) is 67.8 Å². The van der Waals surface area contributed by atoms with Crippen LogP contribution in [0.15, 0.2) is 11.9 Å². The van der Waals surface area contributed by atoms with E-state index in [9.17, 15) is 0 Å². The number of hydrazine groups is 1. The number of nitrogens with zero attached hydrogens (tertiary/aromatic N) is 2. The molecule has 0 amide bonds. The van der Waals surface area contributed by atoms with Gasteiger partial charge in [0.15, 0.2) is 0 Å². The summed E-state index contributed by atoms with van der Waals surface area (Å²) in [6.45, 7) is 10.9. The summed E-state index contributed by atoms with van der Waals surface area (Å²) in [4.78, 5) is 2.01. The van der Waals surface area contributed by atoms with Crippen molar-refractivity contribution in [2.24, 2.45) is 17.5 Å². The lowest BCUT2D eigenvalue weighted by molar-refractivity contribution is -0.0312. The van der Waals surface area contributed by atoms with E-state index >= 15 is 0 Å². The monoisotopic (exact) mass is 286 g/mol. The van der Waals surface area contributed by atoms with E-state index in [0.29, 0.717) is 12.5 Å². The molecule has 0 aliphatic heterocycles. The molecule has 5 nitrogen and oxygen atoms in total. The quantitative estimate of drug-likeness (QED) is 0.473. The molecule has 120 valence electrons. The summed E-state index contributed by atoms with van der Waals surface area (Å²) in [6, 6.07) is 0. The average molecular weight is 286 g/mol. The molecule has 20 heavy (non-hydrogen) atoms. The number of rotatable bonds is 10. The molecule has 0 radical (unpaired) electrons. The molecule has 0 aromatic heterocycles. The maximum absolute atomic E-state index is 5.94. The Bertz CT molecular complexity index is 288. The van der Waals surface area contributed by atoms with Crippen molar-refractivity contribution in [1.82, 2.24) is 9.91 Å². The molecule has 0 aliphatic carbocycles. The van der Waals surface area contributed by atoms with Crippen LogP contribution in [0.3, 0.4) is 0 Å². The zero-order chi connectivity index (χ0) is 15.8. The Morgan fingerprint density at radius 3 is 2.40 bits per heavy atom. The van der Waals surface area contributed by atoms with Crippen LogP contribution >= 0.6 is 0 Å². The van der Waals surface area contributed by atoms with Gasteiger partial charge in [0, 0.05) is 31.6 Å². The van der Waals surface area contributed by atoms with Gasteiger partial charge in [-0.15, -0.1) is 0 Å². The lowest BCUT2D eigenvalue weighted by Gasteiger charge is -2.28. The number of hydrogen-bond acceptors (Lipinski definition) is 5. The van der Waals surface area contributed by atoms with Crippen LogP contribution in [-0.2, 0) is 4.74 Å². The molecule has 4 N–H and O–H groups in total. The fourth-order valence-electron chi connectivity index (χ4n) is 1.72. The van der Waals surface area contributed by atoms with Crippen molar-refractivity contribution in [2.45, 2.75) is 46.1 Å². The second kappa shape index (κ2) is 9.21. The highest BCUT2D eigenvalue weighted by atomic mass is 16.5. The molecular formula is C15H34N4O. The van der Waals surface area contributed by atoms with E-state index in [-0.39, 0.29) is 5.60 Å².